The van der Waals surface area contributed by atoms with Gasteiger partial charge in [-0.25, -0.2) is 0 Å². The molecular weight excluding hydrogens is 397 g/mol. The van der Waals surface area contributed by atoms with E-state index < -0.39 is 11.7 Å². The van der Waals surface area contributed by atoms with Crippen molar-refractivity contribution in [3.05, 3.63) is 65.2 Å². The summed E-state index contributed by atoms with van der Waals surface area (Å²) >= 11 is 0. The van der Waals surface area contributed by atoms with E-state index in [2.05, 4.69) is 4.90 Å². The van der Waals surface area contributed by atoms with Crippen molar-refractivity contribution in [1.29, 1.82) is 0 Å². The lowest BCUT2D eigenvalue weighted by Gasteiger charge is -2.35. The second-order valence-corrected chi connectivity index (χ2v) is 7.10. The molecule has 1 heterocycles. The van der Waals surface area contributed by atoms with E-state index in [0.717, 1.165) is 17.7 Å². The standard InChI is InChI=1S/C22H25F3N2O3/c1-29-14-15-30-20-5-3-2-4-19(20)21(28)27-12-10-26(11-13-27)16-17-6-8-18(9-7-17)22(23,24)25/h2-9H,10-16H2,1H3. The van der Waals surface area contributed by atoms with E-state index in [0.29, 0.717) is 57.3 Å². The van der Waals surface area contributed by atoms with Crippen molar-refractivity contribution in [3.63, 3.8) is 0 Å². The van der Waals surface area contributed by atoms with Crippen molar-refractivity contribution in [3.8, 4) is 5.75 Å². The van der Waals surface area contributed by atoms with Crippen LogP contribution < -0.4 is 4.74 Å². The van der Waals surface area contributed by atoms with Crippen LogP contribution in [0.25, 0.3) is 0 Å². The molecule has 0 radical (unpaired) electrons. The molecule has 1 aliphatic heterocycles. The molecule has 2 aromatic rings. The number of carbonyl (C=O) groups is 1. The molecule has 0 atom stereocenters. The fourth-order valence-electron chi connectivity index (χ4n) is 3.34. The quantitative estimate of drug-likeness (QED) is 0.639. The van der Waals surface area contributed by atoms with E-state index in [1.807, 2.05) is 6.07 Å². The summed E-state index contributed by atoms with van der Waals surface area (Å²) in [6.45, 7) is 3.75. The molecule has 0 unspecified atom stereocenters. The topological polar surface area (TPSA) is 42.0 Å². The number of benzene rings is 2. The summed E-state index contributed by atoms with van der Waals surface area (Å²) in [7, 11) is 1.59. The molecule has 0 spiro atoms. The summed E-state index contributed by atoms with van der Waals surface area (Å²) in [4.78, 5) is 16.9. The van der Waals surface area contributed by atoms with Crippen LogP contribution in [0.2, 0.25) is 0 Å². The highest BCUT2D eigenvalue weighted by molar-refractivity contribution is 5.97. The van der Waals surface area contributed by atoms with Gasteiger partial charge in [0.25, 0.3) is 5.91 Å². The number of piperazine rings is 1. The second kappa shape index (κ2) is 9.95. The van der Waals surface area contributed by atoms with Gasteiger partial charge in [-0.05, 0) is 29.8 Å². The Morgan fingerprint density at radius 3 is 2.27 bits per heavy atom. The molecule has 1 fully saturated rings. The van der Waals surface area contributed by atoms with Crippen molar-refractivity contribution < 1.29 is 27.4 Å². The molecule has 0 saturated carbocycles. The fraction of sp³-hybridized carbons (Fsp3) is 0.409. The second-order valence-electron chi connectivity index (χ2n) is 7.10. The summed E-state index contributed by atoms with van der Waals surface area (Å²) in [5.41, 5.74) is 0.692. The molecule has 0 N–H and O–H groups in total. The van der Waals surface area contributed by atoms with Crippen LogP contribution in [-0.2, 0) is 17.5 Å². The molecule has 0 bridgehead atoms. The Balaban J connectivity index is 1.55. The third-order valence-electron chi connectivity index (χ3n) is 5.01. The predicted octanol–water partition coefficient (Wildman–Crippen LogP) is 3.69. The lowest BCUT2D eigenvalue weighted by Crippen LogP contribution is -2.48. The van der Waals surface area contributed by atoms with Crippen LogP contribution in [0.4, 0.5) is 13.2 Å². The Hall–Kier alpha value is -2.58. The average Bonchev–Trinajstić information content (AvgIpc) is 2.74. The van der Waals surface area contributed by atoms with Gasteiger partial charge in [0, 0.05) is 39.8 Å². The minimum Gasteiger partial charge on any atom is -0.490 e. The average molecular weight is 422 g/mol. The molecule has 1 saturated heterocycles. The lowest BCUT2D eigenvalue weighted by atomic mass is 10.1. The summed E-state index contributed by atoms with van der Waals surface area (Å²) in [5.74, 6) is 0.448. The number of ether oxygens (including phenoxy) is 2. The highest BCUT2D eigenvalue weighted by Gasteiger charge is 2.30. The zero-order valence-corrected chi connectivity index (χ0v) is 16.8. The van der Waals surface area contributed by atoms with E-state index in [-0.39, 0.29) is 5.91 Å². The highest BCUT2D eigenvalue weighted by atomic mass is 19.4. The summed E-state index contributed by atoms with van der Waals surface area (Å²) in [6.07, 6.45) is -4.33. The minimum absolute atomic E-state index is 0.0859. The molecule has 0 aliphatic carbocycles. The van der Waals surface area contributed by atoms with E-state index >= 15 is 0 Å². The first-order valence-corrected chi connectivity index (χ1v) is 9.77. The first kappa shape index (κ1) is 22.1. The summed E-state index contributed by atoms with van der Waals surface area (Å²) < 4.78 is 48.7. The van der Waals surface area contributed by atoms with E-state index in [1.165, 1.54) is 12.1 Å². The van der Waals surface area contributed by atoms with Gasteiger partial charge in [0.05, 0.1) is 17.7 Å². The molecule has 162 valence electrons. The van der Waals surface area contributed by atoms with Gasteiger partial charge in [0.15, 0.2) is 0 Å². The molecule has 2 aromatic carbocycles. The van der Waals surface area contributed by atoms with Crippen LogP contribution in [-0.4, -0.2) is 62.2 Å². The van der Waals surface area contributed by atoms with Crippen LogP contribution >= 0.6 is 0 Å². The van der Waals surface area contributed by atoms with Crippen molar-refractivity contribution in [2.75, 3.05) is 46.5 Å². The third-order valence-corrected chi connectivity index (χ3v) is 5.01. The van der Waals surface area contributed by atoms with Crippen LogP contribution in [0.3, 0.4) is 0 Å². The highest BCUT2D eigenvalue weighted by Crippen LogP contribution is 2.29. The number of rotatable bonds is 7. The number of hydrogen-bond donors (Lipinski definition) is 0. The number of hydrogen-bond acceptors (Lipinski definition) is 4. The van der Waals surface area contributed by atoms with Gasteiger partial charge in [0.2, 0.25) is 0 Å². The monoisotopic (exact) mass is 422 g/mol. The number of nitrogens with zero attached hydrogens (tertiary/aromatic N) is 2. The van der Waals surface area contributed by atoms with Crippen LogP contribution in [0.15, 0.2) is 48.5 Å². The van der Waals surface area contributed by atoms with Crippen molar-refractivity contribution in [1.82, 2.24) is 9.80 Å². The minimum atomic E-state index is -4.33. The van der Waals surface area contributed by atoms with Crippen LogP contribution in [0.1, 0.15) is 21.5 Å². The third kappa shape index (κ3) is 5.73. The van der Waals surface area contributed by atoms with Crippen molar-refractivity contribution in [2.45, 2.75) is 12.7 Å². The summed E-state index contributed by atoms with van der Waals surface area (Å²) in [5, 5.41) is 0. The van der Waals surface area contributed by atoms with Crippen molar-refractivity contribution in [2.24, 2.45) is 0 Å². The maximum atomic E-state index is 12.9. The van der Waals surface area contributed by atoms with Gasteiger partial charge in [-0.2, -0.15) is 13.2 Å². The first-order valence-electron chi connectivity index (χ1n) is 9.77. The van der Waals surface area contributed by atoms with Gasteiger partial charge in [-0.1, -0.05) is 24.3 Å². The normalized spacial score (nSPS) is 15.3. The Labute approximate surface area is 174 Å². The largest absolute Gasteiger partial charge is 0.490 e. The van der Waals surface area contributed by atoms with Gasteiger partial charge in [0.1, 0.15) is 12.4 Å². The number of alkyl halides is 3. The molecule has 0 aromatic heterocycles. The number of amides is 1. The maximum absolute atomic E-state index is 12.9. The van der Waals surface area contributed by atoms with Gasteiger partial charge in [-0.15, -0.1) is 0 Å². The molecule has 1 amide bonds. The summed E-state index contributed by atoms with van der Waals surface area (Å²) in [6, 6.07) is 12.4. The zero-order valence-electron chi connectivity index (χ0n) is 16.8. The fourth-order valence-corrected chi connectivity index (χ4v) is 3.34. The van der Waals surface area contributed by atoms with E-state index in [9.17, 15) is 18.0 Å². The smallest absolute Gasteiger partial charge is 0.416 e. The van der Waals surface area contributed by atoms with E-state index in [1.54, 1.807) is 30.2 Å². The Morgan fingerprint density at radius 1 is 0.967 bits per heavy atom. The SMILES string of the molecule is COCCOc1ccccc1C(=O)N1CCN(Cc2ccc(C(F)(F)F)cc2)CC1. The predicted molar refractivity (Wildman–Crippen MR) is 106 cm³/mol. The number of para-hydroxylation sites is 1. The zero-order chi connectivity index (χ0) is 21.6. The Kier molecular flexibility index (Phi) is 7.33. The molecule has 30 heavy (non-hydrogen) atoms. The van der Waals surface area contributed by atoms with Crippen LogP contribution in [0, 0.1) is 0 Å². The Morgan fingerprint density at radius 2 is 1.63 bits per heavy atom. The molecule has 5 nitrogen and oxygen atoms in total. The number of halogens is 3. The van der Waals surface area contributed by atoms with Gasteiger partial charge >= 0.3 is 6.18 Å². The number of methoxy groups -OCH3 is 1. The molecule has 3 rings (SSSR count). The van der Waals surface area contributed by atoms with Gasteiger partial charge < -0.3 is 14.4 Å². The van der Waals surface area contributed by atoms with E-state index in [4.69, 9.17) is 9.47 Å². The molecule has 1 aliphatic rings. The first-order chi connectivity index (χ1) is 14.4. The molecule has 8 heteroatoms. The molecular formula is C22H25F3N2O3. The van der Waals surface area contributed by atoms with Gasteiger partial charge in [-0.3, -0.25) is 9.69 Å². The van der Waals surface area contributed by atoms with Crippen LogP contribution in [0.5, 0.6) is 5.75 Å². The number of carbonyl (C=O) groups excluding carboxylic acids is 1. The maximum Gasteiger partial charge on any atom is 0.416 e. The van der Waals surface area contributed by atoms with Crippen molar-refractivity contribution >= 4 is 5.91 Å². The Bertz CT molecular complexity index is 832. The lowest BCUT2D eigenvalue weighted by molar-refractivity contribution is -0.137.